The van der Waals surface area contributed by atoms with Crippen molar-refractivity contribution in [3.63, 3.8) is 0 Å². The van der Waals surface area contributed by atoms with Gasteiger partial charge in [-0.05, 0) is 19.5 Å². The molecule has 0 spiro atoms. The molecule has 0 radical (unpaired) electrons. The lowest BCUT2D eigenvalue weighted by Crippen LogP contribution is -2.32. The van der Waals surface area contributed by atoms with Crippen molar-refractivity contribution in [2.45, 2.75) is 19.1 Å². The van der Waals surface area contributed by atoms with E-state index in [9.17, 15) is 8.42 Å². The minimum Gasteiger partial charge on any atom is -0.314 e. The van der Waals surface area contributed by atoms with Gasteiger partial charge < -0.3 is 5.32 Å². The molecule has 90 valence electrons. The molecule has 1 aromatic carbocycles. The predicted octanol–water partition coefficient (Wildman–Crippen LogP) is 1.16. The van der Waals surface area contributed by atoms with Crippen LogP contribution < -0.4 is 5.32 Å². The maximum atomic E-state index is 10.7. The Balaban J connectivity index is 2.97. The zero-order valence-electron chi connectivity index (χ0n) is 9.12. The van der Waals surface area contributed by atoms with Crippen LogP contribution in [0.5, 0.6) is 0 Å². The molecule has 2 unspecified atom stereocenters. The van der Waals surface area contributed by atoms with Crippen LogP contribution in [0.25, 0.3) is 0 Å². The molecule has 0 amide bonds. The smallest absolute Gasteiger partial charge is 0.314 e. The molecule has 0 saturated carbocycles. The average molecular weight is 245 g/mol. The van der Waals surface area contributed by atoms with E-state index >= 15 is 0 Å². The van der Waals surface area contributed by atoms with Gasteiger partial charge in [0, 0.05) is 6.04 Å². The van der Waals surface area contributed by atoms with Crippen molar-refractivity contribution in [1.29, 1.82) is 0 Å². The third kappa shape index (κ3) is 3.90. The lowest BCUT2D eigenvalue weighted by Gasteiger charge is -2.22. The number of hydrogen-bond donors (Lipinski definition) is 2. The summed E-state index contributed by atoms with van der Waals surface area (Å²) in [5.41, 5.74) is 0.682. The fourth-order valence-corrected chi connectivity index (χ4v) is 1.89. The summed E-state index contributed by atoms with van der Waals surface area (Å²) in [6, 6.07) is 8.60. The van der Waals surface area contributed by atoms with Crippen LogP contribution in [0, 0.1) is 0 Å². The Morgan fingerprint density at radius 1 is 1.31 bits per heavy atom. The fraction of sp³-hybridized carbons (Fsp3) is 0.400. The Labute approximate surface area is 95.4 Å². The lowest BCUT2D eigenvalue weighted by molar-refractivity contribution is 0.151. The summed E-state index contributed by atoms with van der Waals surface area (Å²) in [5, 5.41) is 2.89. The summed E-state index contributed by atoms with van der Waals surface area (Å²) >= 11 is 0. The minimum atomic E-state index is -4.47. The second kappa shape index (κ2) is 5.40. The molecule has 2 N–H and O–H groups in total. The van der Waals surface area contributed by atoms with Crippen molar-refractivity contribution >= 4 is 10.4 Å². The maximum Gasteiger partial charge on any atom is 0.398 e. The molecule has 0 bridgehead atoms. The summed E-state index contributed by atoms with van der Waals surface area (Å²) in [6.07, 6.45) is -0.749. The lowest BCUT2D eigenvalue weighted by atomic mass is 10.0. The minimum absolute atomic E-state index is 0.246. The molecule has 5 nitrogen and oxygen atoms in total. The molecule has 6 heteroatoms. The third-order valence-corrected chi connectivity index (χ3v) is 2.71. The molecule has 16 heavy (non-hydrogen) atoms. The van der Waals surface area contributed by atoms with Gasteiger partial charge in [0.15, 0.2) is 0 Å². The second-order valence-corrected chi connectivity index (χ2v) is 4.48. The Kier molecular flexibility index (Phi) is 4.43. The van der Waals surface area contributed by atoms with Gasteiger partial charge in [0.05, 0.1) is 0 Å². The molecule has 2 atom stereocenters. The molecule has 0 aliphatic rings. The van der Waals surface area contributed by atoms with Crippen LogP contribution in [-0.2, 0) is 14.6 Å². The van der Waals surface area contributed by atoms with E-state index in [2.05, 4.69) is 9.50 Å². The van der Waals surface area contributed by atoms with Gasteiger partial charge in [-0.2, -0.15) is 8.42 Å². The number of likely N-dealkylation sites (N-methyl/N-ethyl adjacent to an activating group) is 1. The van der Waals surface area contributed by atoms with Crippen LogP contribution in [0.15, 0.2) is 30.3 Å². The van der Waals surface area contributed by atoms with Crippen LogP contribution in [0.4, 0.5) is 0 Å². The largest absolute Gasteiger partial charge is 0.398 e. The number of nitrogens with one attached hydrogen (secondary N) is 1. The van der Waals surface area contributed by atoms with Crippen molar-refractivity contribution in [2.75, 3.05) is 7.05 Å². The molecule has 0 fully saturated rings. The number of rotatable bonds is 5. The topological polar surface area (TPSA) is 75.6 Å². The van der Waals surface area contributed by atoms with Gasteiger partial charge in [-0.3, -0.25) is 4.55 Å². The van der Waals surface area contributed by atoms with Crippen LogP contribution >= 0.6 is 0 Å². The van der Waals surface area contributed by atoms with Gasteiger partial charge in [0.2, 0.25) is 0 Å². The normalized spacial score (nSPS) is 15.7. The van der Waals surface area contributed by atoms with Crippen LogP contribution in [0.2, 0.25) is 0 Å². The molecular formula is C10H15NO4S. The Morgan fingerprint density at radius 2 is 1.88 bits per heavy atom. The molecule has 0 aromatic heterocycles. The van der Waals surface area contributed by atoms with Crippen molar-refractivity contribution in [1.82, 2.24) is 5.32 Å². The molecule has 0 heterocycles. The van der Waals surface area contributed by atoms with E-state index in [0.29, 0.717) is 5.56 Å². The molecule has 1 aromatic rings. The Morgan fingerprint density at radius 3 is 2.31 bits per heavy atom. The van der Waals surface area contributed by atoms with Gasteiger partial charge in [-0.25, -0.2) is 4.18 Å². The third-order valence-electron chi connectivity index (χ3n) is 2.26. The van der Waals surface area contributed by atoms with Gasteiger partial charge in [0.25, 0.3) is 0 Å². The van der Waals surface area contributed by atoms with E-state index in [4.69, 9.17) is 4.55 Å². The fourth-order valence-electron chi connectivity index (χ4n) is 1.35. The summed E-state index contributed by atoms with van der Waals surface area (Å²) in [5.74, 6) is 0. The van der Waals surface area contributed by atoms with Gasteiger partial charge in [-0.15, -0.1) is 0 Å². The quantitative estimate of drug-likeness (QED) is 0.761. The van der Waals surface area contributed by atoms with E-state index in [0.717, 1.165) is 0 Å². The summed E-state index contributed by atoms with van der Waals surface area (Å²) in [6.45, 7) is 1.77. The van der Waals surface area contributed by atoms with Gasteiger partial charge >= 0.3 is 10.4 Å². The monoisotopic (exact) mass is 245 g/mol. The first-order valence-electron chi connectivity index (χ1n) is 4.82. The zero-order valence-corrected chi connectivity index (χ0v) is 9.94. The SMILES string of the molecule is CNC(C)C(OS(=O)(=O)O)c1ccccc1. The molecule has 0 aliphatic carbocycles. The molecule has 1 rings (SSSR count). The predicted molar refractivity (Wildman–Crippen MR) is 60.3 cm³/mol. The summed E-state index contributed by atoms with van der Waals surface area (Å²) in [4.78, 5) is 0. The molecular weight excluding hydrogens is 230 g/mol. The summed E-state index contributed by atoms with van der Waals surface area (Å²) < 4.78 is 34.8. The Bertz CT molecular complexity index is 418. The summed E-state index contributed by atoms with van der Waals surface area (Å²) in [7, 11) is -2.78. The highest BCUT2D eigenvalue weighted by atomic mass is 32.3. The second-order valence-electron chi connectivity index (χ2n) is 3.43. The zero-order chi connectivity index (χ0) is 12.2. The van der Waals surface area contributed by atoms with E-state index in [-0.39, 0.29) is 6.04 Å². The van der Waals surface area contributed by atoms with E-state index in [1.807, 2.05) is 6.07 Å². The highest BCUT2D eigenvalue weighted by Crippen LogP contribution is 2.22. The highest BCUT2D eigenvalue weighted by Gasteiger charge is 2.24. The van der Waals surface area contributed by atoms with Crippen LogP contribution in [0.1, 0.15) is 18.6 Å². The van der Waals surface area contributed by atoms with Gasteiger partial charge in [0.1, 0.15) is 6.10 Å². The van der Waals surface area contributed by atoms with Crippen LogP contribution in [-0.4, -0.2) is 26.1 Å². The highest BCUT2D eigenvalue weighted by molar-refractivity contribution is 7.80. The standard InChI is InChI=1S/C10H15NO4S/c1-8(11-2)10(15-16(12,13)14)9-6-4-3-5-7-9/h3-8,10-11H,1-2H3,(H,12,13,14). The number of hydrogen-bond acceptors (Lipinski definition) is 4. The number of benzene rings is 1. The molecule has 0 aliphatic heterocycles. The van der Waals surface area contributed by atoms with Crippen molar-refractivity contribution in [2.24, 2.45) is 0 Å². The van der Waals surface area contributed by atoms with Gasteiger partial charge in [-0.1, -0.05) is 30.3 Å². The van der Waals surface area contributed by atoms with Crippen molar-refractivity contribution < 1.29 is 17.2 Å². The Hall–Kier alpha value is -0.950. The first kappa shape index (κ1) is 13.1. The van der Waals surface area contributed by atoms with E-state index in [1.165, 1.54) is 0 Å². The van der Waals surface area contributed by atoms with E-state index in [1.54, 1.807) is 38.2 Å². The van der Waals surface area contributed by atoms with Crippen molar-refractivity contribution in [3.05, 3.63) is 35.9 Å². The average Bonchev–Trinajstić information content (AvgIpc) is 2.25. The van der Waals surface area contributed by atoms with E-state index < -0.39 is 16.5 Å². The van der Waals surface area contributed by atoms with Crippen LogP contribution in [0.3, 0.4) is 0 Å². The maximum absolute atomic E-state index is 10.7. The van der Waals surface area contributed by atoms with Crippen molar-refractivity contribution in [3.8, 4) is 0 Å². The first-order valence-corrected chi connectivity index (χ1v) is 6.18. The first-order chi connectivity index (χ1) is 7.44. The molecule has 0 saturated heterocycles.